The number of nitrogens with one attached hydrogen (secondary N) is 1. The van der Waals surface area contributed by atoms with Crippen LogP contribution in [0.1, 0.15) is 12.5 Å². The van der Waals surface area contributed by atoms with Gasteiger partial charge in [-0.25, -0.2) is 9.97 Å². The molecule has 0 aliphatic heterocycles. The monoisotopic (exact) mass is 339 g/mol. The van der Waals surface area contributed by atoms with E-state index in [9.17, 15) is 0 Å². The summed E-state index contributed by atoms with van der Waals surface area (Å²) in [5, 5.41) is 2.76. The van der Waals surface area contributed by atoms with Gasteiger partial charge in [0, 0.05) is 15.8 Å². The van der Waals surface area contributed by atoms with Gasteiger partial charge in [-0.1, -0.05) is 48.5 Å². The third-order valence-electron chi connectivity index (χ3n) is 3.86. The first kappa shape index (κ1) is 14.5. The lowest BCUT2D eigenvalue weighted by atomic mass is 10.1. The summed E-state index contributed by atoms with van der Waals surface area (Å²) in [6.45, 7) is 2.16. The number of hydrogen-bond donors (Lipinski definition) is 1. The van der Waals surface area contributed by atoms with E-state index in [2.05, 4.69) is 40.1 Å². The molecule has 1 N–H and O–H groups in total. The molecule has 2 aromatic carbocycles. The molecule has 3 nitrogen and oxygen atoms in total. The summed E-state index contributed by atoms with van der Waals surface area (Å²) < 4.78 is 0. The highest BCUT2D eigenvalue weighted by Gasteiger charge is 2.13. The summed E-state index contributed by atoms with van der Waals surface area (Å²) >= 11 is 7.82. The van der Waals surface area contributed by atoms with Crippen LogP contribution in [-0.4, -0.2) is 15.0 Å². The molecule has 0 bridgehead atoms. The summed E-state index contributed by atoms with van der Waals surface area (Å²) in [5.74, 6) is 0. The second-order valence-electron chi connectivity index (χ2n) is 5.29. The van der Waals surface area contributed by atoms with Crippen LogP contribution >= 0.6 is 23.4 Å². The highest BCUT2D eigenvalue weighted by atomic mass is 35.5. The van der Waals surface area contributed by atoms with Gasteiger partial charge >= 0.3 is 0 Å². The van der Waals surface area contributed by atoms with Gasteiger partial charge in [0.15, 0.2) is 0 Å². The number of aryl methyl sites for hydroxylation is 1. The number of H-pyrrole nitrogens is 1. The van der Waals surface area contributed by atoms with Crippen LogP contribution in [0.3, 0.4) is 0 Å². The molecule has 0 spiro atoms. The highest BCUT2D eigenvalue weighted by molar-refractivity contribution is 7.99. The topological polar surface area (TPSA) is 41.6 Å². The number of aromatic nitrogens is 3. The van der Waals surface area contributed by atoms with Gasteiger partial charge in [0.1, 0.15) is 16.9 Å². The van der Waals surface area contributed by atoms with Crippen molar-refractivity contribution in [2.45, 2.75) is 23.3 Å². The highest BCUT2D eigenvalue weighted by Crippen LogP contribution is 2.36. The molecule has 2 heterocycles. The Hall–Kier alpha value is -2.04. The van der Waals surface area contributed by atoms with E-state index in [-0.39, 0.29) is 0 Å². The molecule has 0 saturated heterocycles. The normalized spacial score (nSPS) is 11.4. The molecule has 2 aromatic heterocycles. The van der Waals surface area contributed by atoms with Crippen LogP contribution in [0, 0.1) is 0 Å². The van der Waals surface area contributed by atoms with E-state index in [0.29, 0.717) is 0 Å². The maximum absolute atomic E-state index is 6.27. The Labute approximate surface area is 143 Å². The molecule has 0 atom stereocenters. The molecule has 0 aliphatic carbocycles. The molecular formula is C18H14ClN3S. The second-order valence-corrected chi connectivity index (χ2v) is 6.73. The predicted octanol–water partition coefficient (Wildman–Crippen LogP) is 5.48. The molecule has 0 radical (unpaired) electrons. The lowest BCUT2D eigenvalue weighted by Gasteiger charge is -2.03. The third-order valence-corrected chi connectivity index (χ3v) is 5.38. The fraction of sp³-hybridized carbons (Fsp3) is 0.111. The molecule has 4 rings (SSSR count). The third kappa shape index (κ3) is 2.58. The van der Waals surface area contributed by atoms with Crippen molar-refractivity contribution in [2.24, 2.45) is 0 Å². The first-order valence-corrected chi connectivity index (χ1v) is 8.63. The van der Waals surface area contributed by atoms with Crippen molar-refractivity contribution in [2.75, 3.05) is 0 Å². The first-order valence-electron chi connectivity index (χ1n) is 7.44. The Kier molecular flexibility index (Phi) is 3.71. The number of fused-ring (bicyclic) bond motifs is 3. The second kappa shape index (κ2) is 5.87. The van der Waals surface area contributed by atoms with Crippen molar-refractivity contribution < 1.29 is 0 Å². The molecule has 0 aliphatic rings. The average Bonchev–Trinajstić information content (AvgIpc) is 2.96. The van der Waals surface area contributed by atoms with Crippen molar-refractivity contribution >= 4 is 45.3 Å². The predicted molar refractivity (Wildman–Crippen MR) is 96.3 cm³/mol. The van der Waals surface area contributed by atoms with Gasteiger partial charge in [0.25, 0.3) is 0 Å². The van der Waals surface area contributed by atoms with Crippen LogP contribution in [0.15, 0.2) is 58.7 Å². The number of benzene rings is 2. The van der Waals surface area contributed by atoms with Crippen LogP contribution in [0.4, 0.5) is 0 Å². The minimum atomic E-state index is 0.730. The quantitative estimate of drug-likeness (QED) is 0.502. The van der Waals surface area contributed by atoms with Gasteiger partial charge in [-0.15, -0.1) is 0 Å². The van der Waals surface area contributed by atoms with E-state index in [1.54, 1.807) is 18.1 Å². The van der Waals surface area contributed by atoms with E-state index in [1.165, 1.54) is 5.56 Å². The van der Waals surface area contributed by atoms with Crippen molar-refractivity contribution in [3.63, 3.8) is 0 Å². The van der Waals surface area contributed by atoms with Crippen LogP contribution in [0.5, 0.6) is 0 Å². The standard InChI is InChI=1S/C18H14ClN3S/c1-2-11-7-8-14-12(9-11)16-17(22-14)18(21-10-20-16)23-15-6-4-3-5-13(15)19/h3-10,22H,2H2,1H3. The Bertz CT molecular complexity index is 1010. The average molecular weight is 340 g/mol. The number of aromatic amines is 1. The Morgan fingerprint density at radius 3 is 2.83 bits per heavy atom. The number of rotatable bonds is 3. The number of halogens is 1. The fourth-order valence-electron chi connectivity index (χ4n) is 2.65. The van der Waals surface area contributed by atoms with E-state index in [0.717, 1.165) is 43.3 Å². The van der Waals surface area contributed by atoms with Crippen molar-refractivity contribution in [1.82, 2.24) is 15.0 Å². The molecule has 114 valence electrons. The van der Waals surface area contributed by atoms with Crippen LogP contribution < -0.4 is 0 Å². The molecule has 0 fully saturated rings. The molecule has 23 heavy (non-hydrogen) atoms. The van der Waals surface area contributed by atoms with Gasteiger partial charge in [-0.05, 0) is 36.2 Å². The zero-order valence-electron chi connectivity index (χ0n) is 12.5. The van der Waals surface area contributed by atoms with Crippen molar-refractivity contribution in [1.29, 1.82) is 0 Å². The number of nitrogens with zero attached hydrogens (tertiary/aromatic N) is 2. The SMILES string of the molecule is CCc1ccc2[nH]c3c(Sc4ccccc4Cl)ncnc3c2c1. The van der Waals surface area contributed by atoms with E-state index >= 15 is 0 Å². The molecule has 0 amide bonds. The maximum atomic E-state index is 6.27. The Morgan fingerprint density at radius 2 is 2.00 bits per heavy atom. The molecule has 5 heteroatoms. The summed E-state index contributed by atoms with van der Waals surface area (Å²) in [7, 11) is 0. The minimum absolute atomic E-state index is 0.730. The van der Waals surface area contributed by atoms with E-state index in [1.807, 2.05) is 24.3 Å². The van der Waals surface area contributed by atoms with E-state index < -0.39 is 0 Å². The zero-order valence-corrected chi connectivity index (χ0v) is 14.1. The largest absolute Gasteiger partial charge is 0.351 e. The maximum Gasteiger partial charge on any atom is 0.128 e. The van der Waals surface area contributed by atoms with Gasteiger partial charge in [0.05, 0.1) is 10.5 Å². The minimum Gasteiger partial charge on any atom is -0.351 e. The summed E-state index contributed by atoms with van der Waals surface area (Å²) in [5.41, 5.74) is 4.30. The molecular weight excluding hydrogens is 326 g/mol. The smallest absolute Gasteiger partial charge is 0.128 e. The van der Waals surface area contributed by atoms with Gasteiger partial charge in [0.2, 0.25) is 0 Å². The molecule has 0 saturated carbocycles. The zero-order chi connectivity index (χ0) is 15.8. The Balaban J connectivity index is 1.89. The van der Waals surface area contributed by atoms with Crippen LogP contribution in [0.2, 0.25) is 5.02 Å². The van der Waals surface area contributed by atoms with Gasteiger partial charge in [-0.3, -0.25) is 0 Å². The number of hydrogen-bond acceptors (Lipinski definition) is 3. The Morgan fingerprint density at radius 1 is 1.13 bits per heavy atom. The van der Waals surface area contributed by atoms with Crippen LogP contribution in [-0.2, 0) is 6.42 Å². The fourth-order valence-corrected chi connectivity index (χ4v) is 3.77. The van der Waals surface area contributed by atoms with Crippen molar-refractivity contribution in [3.8, 4) is 0 Å². The van der Waals surface area contributed by atoms with Crippen LogP contribution in [0.25, 0.3) is 21.9 Å². The summed E-state index contributed by atoms with van der Waals surface area (Å²) in [4.78, 5) is 13.4. The van der Waals surface area contributed by atoms with Gasteiger partial charge in [-0.2, -0.15) is 0 Å². The molecule has 4 aromatic rings. The lowest BCUT2D eigenvalue weighted by molar-refractivity contribution is 1.09. The van der Waals surface area contributed by atoms with E-state index in [4.69, 9.17) is 11.6 Å². The molecule has 0 unspecified atom stereocenters. The lowest BCUT2D eigenvalue weighted by Crippen LogP contribution is -1.85. The first-order chi connectivity index (χ1) is 11.3. The van der Waals surface area contributed by atoms with Crippen molar-refractivity contribution in [3.05, 3.63) is 59.4 Å². The summed E-state index contributed by atoms with van der Waals surface area (Å²) in [6, 6.07) is 14.2. The summed E-state index contributed by atoms with van der Waals surface area (Å²) in [6.07, 6.45) is 2.63. The van der Waals surface area contributed by atoms with Gasteiger partial charge < -0.3 is 4.98 Å².